The van der Waals surface area contributed by atoms with Gasteiger partial charge in [0, 0.05) is 17.6 Å². The molecule has 0 radical (unpaired) electrons. The predicted molar refractivity (Wildman–Crippen MR) is 119 cm³/mol. The van der Waals surface area contributed by atoms with Gasteiger partial charge in [0.2, 0.25) is 5.95 Å². The summed E-state index contributed by atoms with van der Waals surface area (Å²) in [5.41, 5.74) is 2.60. The molecule has 3 rings (SSSR count). The van der Waals surface area contributed by atoms with Gasteiger partial charge >= 0.3 is 6.18 Å². The molecule has 4 nitrogen and oxygen atoms in total. The number of anilines is 4. The van der Waals surface area contributed by atoms with Crippen LogP contribution in [0.25, 0.3) is 0 Å². The summed E-state index contributed by atoms with van der Waals surface area (Å²) >= 11 is 0. The molecule has 0 aliphatic heterocycles. The minimum atomic E-state index is -4.57. The summed E-state index contributed by atoms with van der Waals surface area (Å²) in [5, 5.41) is 5.82. The Balaban J connectivity index is 1.85. The van der Waals surface area contributed by atoms with Crippen LogP contribution in [-0.2, 0) is 19.0 Å². The zero-order valence-corrected chi connectivity index (χ0v) is 17.9. The van der Waals surface area contributed by atoms with Crippen molar-refractivity contribution in [2.45, 2.75) is 46.2 Å². The van der Waals surface area contributed by atoms with Crippen LogP contribution in [0.15, 0.2) is 54.7 Å². The summed E-state index contributed by atoms with van der Waals surface area (Å²) in [6.45, 7) is 6.35. The van der Waals surface area contributed by atoms with Gasteiger partial charge < -0.3 is 10.6 Å². The smallest absolute Gasteiger partial charge is 0.340 e. The summed E-state index contributed by atoms with van der Waals surface area (Å²) in [7, 11) is 0. The van der Waals surface area contributed by atoms with E-state index in [0.29, 0.717) is 17.3 Å². The fourth-order valence-corrected chi connectivity index (χ4v) is 3.30. The predicted octanol–water partition coefficient (Wildman–Crippen LogP) is 7.13. The molecule has 0 saturated carbocycles. The number of hydrogen-bond donors (Lipinski definition) is 2. The van der Waals surface area contributed by atoms with Crippen LogP contribution in [-0.4, -0.2) is 9.97 Å². The lowest BCUT2D eigenvalue weighted by molar-refractivity contribution is -0.137. The lowest BCUT2D eigenvalue weighted by atomic mass is 10.0. The molecule has 0 bridgehead atoms. The topological polar surface area (TPSA) is 49.8 Å². The van der Waals surface area contributed by atoms with Crippen LogP contribution in [0, 0.1) is 5.92 Å². The summed E-state index contributed by atoms with van der Waals surface area (Å²) < 4.78 is 40.6. The Labute approximate surface area is 181 Å². The molecule has 0 aliphatic carbocycles. The van der Waals surface area contributed by atoms with E-state index in [1.807, 2.05) is 42.5 Å². The molecular formula is C24H27F3N4. The Kier molecular flexibility index (Phi) is 7.15. The lowest BCUT2D eigenvalue weighted by Gasteiger charge is -2.15. The van der Waals surface area contributed by atoms with Gasteiger partial charge in [-0.3, -0.25) is 0 Å². The molecule has 3 aromatic rings. The first-order valence-corrected chi connectivity index (χ1v) is 10.4. The molecule has 2 N–H and O–H groups in total. The summed E-state index contributed by atoms with van der Waals surface area (Å²) in [6.07, 6.45) is -0.997. The largest absolute Gasteiger partial charge is 0.421 e. The van der Waals surface area contributed by atoms with Crippen molar-refractivity contribution in [1.29, 1.82) is 0 Å². The highest BCUT2D eigenvalue weighted by Crippen LogP contribution is 2.35. The molecule has 2 aromatic carbocycles. The van der Waals surface area contributed by atoms with Crippen LogP contribution in [0.1, 0.15) is 43.9 Å². The third kappa shape index (κ3) is 6.44. The number of nitrogens with zero attached hydrogens (tertiary/aromatic N) is 2. The number of aryl methyl sites for hydroxylation is 1. The van der Waals surface area contributed by atoms with Crippen molar-refractivity contribution in [2.75, 3.05) is 10.6 Å². The molecular weight excluding hydrogens is 401 g/mol. The van der Waals surface area contributed by atoms with E-state index in [2.05, 4.69) is 41.4 Å². The average molecular weight is 429 g/mol. The van der Waals surface area contributed by atoms with Gasteiger partial charge in [-0.05, 0) is 54.2 Å². The van der Waals surface area contributed by atoms with Crippen LogP contribution in [0.5, 0.6) is 0 Å². The Bertz CT molecular complexity index is 998. The molecule has 0 spiro atoms. The first-order valence-electron chi connectivity index (χ1n) is 10.4. The molecule has 31 heavy (non-hydrogen) atoms. The number of hydrogen-bond acceptors (Lipinski definition) is 4. The third-order valence-corrected chi connectivity index (χ3v) is 4.68. The number of benzene rings is 2. The normalized spacial score (nSPS) is 11.6. The SMILES string of the molecule is CCCc1cccc(Nc2nc(Nc3ccc(CC(C)C)cc3)ncc2C(F)(F)F)c1. The zero-order valence-electron chi connectivity index (χ0n) is 17.9. The maximum absolute atomic E-state index is 13.5. The highest BCUT2D eigenvalue weighted by molar-refractivity contribution is 5.63. The maximum atomic E-state index is 13.5. The van der Waals surface area contributed by atoms with Gasteiger partial charge in [-0.2, -0.15) is 18.2 Å². The maximum Gasteiger partial charge on any atom is 0.421 e. The fourth-order valence-electron chi connectivity index (χ4n) is 3.30. The van der Waals surface area contributed by atoms with Crippen molar-refractivity contribution in [3.05, 3.63) is 71.4 Å². The van der Waals surface area contributed by atoms with Gasteiger partial charge in [0.05, 0.1) is 0 Å². The summed E-state index contributed by atoms with van der Waals surface area (Å²) in [5.74, 6) is 0.355. The van der Waals surface area contributed by atoms with E-state index < -0.39 is 11.7 Å². The molecule has 7 heteroatoms. The van der Waals surface area contributed by atoms with Crippen LogP contribution in [0.3, 0.4) is 0 Å². The number of halogens is 3. The average Bonchev–Trinajstić information content (AvgIpc) is 2.69. The highest BCUT2D eigenvalue weighted by Gasteiger charge is 2.35. The minimum Gasteiger partial charge on any atom is -0.340 e. The van der Waals surface area contributed by atoms with Gasteiger partial charge in [0.15, 0.2) is 0 Å². The van der Waals surface area contributed by atoms with Gasteiger partial charge in [0.25, 0.3) is 0 Å². The molecule has 0 atom stereocenters. The zero-order chi connectivity index (χ0) is 22.4. The van der Waals surface area contributed by atoms with Crippen LogP contribution in [0.2, 0.25) is 0 Å². The number of rotatable bonds is 8. The molecule has 1 heterocycles. The Hall–Kier alpha value is -3.09. The van der Waals surface area contributed by atoms with Gasteiger partial charge in [0.1, 0.15) is 11.4 Å². The second-order valence-electron chi connectivity index (χ2n) is 7.95. The highest BCUT2D eigenvalue weighted by atomic mass is 19.4. The monoisotopic (exact) mass is 428 g/mol. The van der Waals surface area contributed by atoms with Crippen LogP contribution >= 0.6 is 0 Å². The van der Waals surface area contributed by atoms with Crippen molar-refractivity contribution >= 4 is 23.1 Å². The Morgan fingerprint density at radius 1 is 0.935 bits per heavy atom. The molecule has 0 amide bonds. The number of nitrogens with one attached hydrogen (secondary N) is 2. The van der Waals surface area contributed by atoms with Crippen LogP contribution < -0.4 is 10.6 Å². The molecule has 1 aromatic heterocycles. The van der Waals surface area contributed by atoms with E-state index in [-0.39, 0.29) is 11.8 Å². The standard InChI is InChI=1S/C24H27F3N4/c1-4-6-17-7-5-8-20(14-17)29-22-21(24(25,26)27)15-28-23(31-22)30-19-11-9-18(10-12-19)13-16(2)3/h5,7-12,14-16H,4,6,13H2,1-3H3,(H2,28,29,30,31). The van der Waals surface area contributed by atoms with Crippen molar-refractivity contribution in [3.63, 3.8) is 0 Å². The van der Waals surface area contributed by atoms with Crippen molar-refractivity contribution in [2.24, 2.45) is 5.92 Å². The summed E-state index contributed by atoms with van der Waals surface area (Å²) in [6, 6.07) is 15.1. The Morgan fingerprint density at radius 2 is 1.68 bits per heavy atom. The van der Waals surface area contributed by atoms with E-state index in [9.17, 15) is 13.2 Å². The van der Waals surface area contributed by atoms with Gasteiger partial charge in [-0.15, -0.1) is 0 Å². The van der Waals surface area contributed by atoms with E-state index in [1.165, 1.54) is 5.56 Å². The third-order valence-electron chi connectivity index (χ3n) is 4.68. The van der Waals surface area contributed by atoms with E-state index >= 15 is 0 Å². The second kappa shape index (κ2) is 9.81. The molecule has 0 aliphatic rings. The first kappa shape index (κ1) is 22.6. The molecule has 0 saturated heterocycles. The minimum absolute atomic E-state index is 0.0943. The molecule has 0 unspecified atom stereocenters. The lowest BCUT2D eigenvalue weighted by Crippen LogP contribution is -2.12. The second-order valence-corrected chi connectivity index (χ2v) is 7.95. The van der Waals surface area contributed by atoms with E-state index in [0.717, 1.165) is 31.0 Å². The van der Waals surface area contributed by atoms with Gasteiger partial charge in [-0.1, -0.05) is 51.5 Å². The molecule has 164 valence electrons. The Morgan fingerprint density at radius 3 is 2.32 bits per heavy atom. The van der Waals surface area contributed by atoms with Crippen molar-refractivity contribution in [3.8, 4) is 0 Å². The first-order chi connectivity index (χ1) is 14.7. The van der Waals surface area contributed by atoms with Crippen molar-refractivity contribution in [1.82, 2.24) is 9.97 Å². The van der Waals surface area contributed by atoms with Crippen LogP contribution in [0.4, 0.5) is 36.3 Å². The number of aromatic nitrogens is 2. The fraction of sp³-hybridized carbons (Fsp3) is 0.333. The van der Waals surface area contributed by atoms with Gasteiger partial charge in [-0.25, -0.2) is 4.98 Å². The van der Waals surface area contributed by atoms with Crippen molar-refractivity contribution < 1.29 is 13.2 Å². The molecule has 0 fully saturated rings. The quantitative estimate of drug-likeness (QED) is 0.401. The summed E-state index contributed by atoms with van der Waals surface area (Å²) in [4.78, 5) is 8.00. The van der Waals surface area contributed by atoms with E-state index in [1.54, 1.807) is 6.07 Å². The number of alkyl halides is 3. The van der Waals surface area contributed by atoms with E-state index in [4.69, 9.17) is 0 Å².